The third kappa shape index (κ3) is 2.16. The molecule has 2 amide bonds. The van der Waals surface area contributed by atoms with Crippen molar-refractivity contribution in [3.63, 3.8) is 0 Å². The van der Waals surface area contributed by atoms with Crippen molar-refractivity contribution < 1.29 is 9.59 Å². The summed E-state index contributed by atoms with van der Waals surface area (Å²) in [4.78, 5) is 28.9. The number of aromatic nitrogens is 2. The first-order chi connectivity index (χ1) is 9.65. The van der Waals surface area contributed by atoms with Gasteiger partial charge in [0.15, 0.2) is 0 Å². The molecule has 0 bridgehead atoms. The van der Waals surface area contributed by atoms with Gasteiger partial charge in [-0.3, -0.25) is 9.36 Å². The highest BCUT2D eigenvalue weighted by molar-refractivity contribution is 5.95. The first kappa shape index (κ1) is 12.4. The number of nitrogens with zero attached hydrogens (tertiary/aromatic N) is 3. The number of amides is 2. The van der Waals surface area contributed by atoms with Gasteiger partial charge in [0.2, 0.25) is 5.91 Å². The molecule has 6 nitrogen and oxygen atoms in total. The Labute approximate surface area is 116 Å². The van der Waals surface area contributed by atoms with Crippen molar-refractivity contribution in [3.8, 4) is 0 Å². The maximum Gasteiger partial charge on any atom is 0.331 e. The summed E-state index contributed by atoms with van der Waals surface area (Å²) in [5.74, 6) is 0.0407. The molecule has 1 aromatic carbocycles. The molecule has 0 spiro atoms. The first-order valence-corrected chi connectivity index (χ1v) is 6.35. The summed E-state index contributed by atoms with van der Waals surface area (Å²) in [6.45, 7) is 2.26. The second kappa shape index (κ2) is 4.80. The monoisotopic (exact) mass is 270 g/mol. The highest BCUT2D eigenvalue weighted by atomic mass is 16.2. The highest BCUT2D eigenvalue weighted by Gasteiger charge is 2.22. The molecule has 3 rings (SSSR count). The lowest BCUT2D eigenvalue weighted by Crippen LogP contribution is -2.25. The van der Waals surface area contributed by atoms with Gasteiger partial charge in [0.05, 0.1) is 0 Å². The molecule has 1 aliphatic heterocycles. The molecule has 20 heavy (non-hydrogen) atoms. The van der Waals surface area contributed by atoms with E-state index in [0.717, 1.165) is 17.7 Å². The molecule has 0 fully saturated rings. The van der Waals surface area contributed by atoms with Crippen LogP contribution in [0.3, 0.4) is 0 Å². The van der Waals surface area contributed by atoms with E-state index in [1.54, 1.807) is 30.3 Å². The van der Waals surface area contributed by atoms with Gasteiger partial charge in [0.25, 0.3) is 0 Å². The van der Waals surface area contributed by atoms with Crippen LogP contribution in [-0.2, 0) is 11.2 Å². The normalized spacial score (nSPS) is 13.2. The van der Waals surface area contributed by atoms with Crippen LogP contribution < -0.4 is 10.2 Å². The lowest BCUT2D eigenvalue weighted by molar-refractivity contribution is -0.116. The van der Waals surface area contributed by atoms with Crippen molar-refractivity contribution in [1.29, 1.82) is 0 Å². The largest absolute Gasteiger partial charge is 0.331 e. The molecular weight excluding hydrogens is 256 g/mol. The van der Waals surface area contributed by atoms with Gasteiger partial charge in [-0.05, 0) is 30.2 Å². The van der Waals surface area contributed by atoms with Gasteiger partial charge >= 0.3 is 6.03 Å². The third-order valence-electron chi connectivity index (χ3n) is 3.35. The molecule has 1 aromatic heterocycles. The van der Waals surface area contributed by atoms with E-state index >= 15 is 0 Å². The summed E-state index contributed by atoms with van der Waals surface area (Å²) >= 11 is 0. The van der Waals surface area contributed by atoms with Crippen LogP contribution in [0.4, 0.5) is 16.2 Å². The second-order valence-electron chi connectivity index (χ2n) is 4.66. The quantitative estimate of drug-likeness (QED) is 0.860. The SMILES string of the molecule is CC(=O)N1CCc2cc(NC(=O)n3ccnc3)ccc21. The molecule has 2 heterocycles. The zero-order valence-corrected chi connectivity index (χ0v) is 11.0. The zero-order chi connectivity index (χ0) is 14.1. The lowest BCUT2D eigenvalue weighted by Gasteiger charge is -2.15. The minimum atomic E-state index is -0.260. The number of anilines is 2. The van der Waals surface area contributed by atoms with E-state index in [1.807, 2.05) is 12.1 Å². The van der Waals surface area contributed by atoms with E-state index in [-0.39, 0.29) is 11.9 Å². The molecule has 2 aromatic rings. The summed E-state index contributed by atoms with van der Waals surface area (Å²) < 4.78 is 1.37. The van der Waals surface area contributed by atoms with Gasteiger partial charge < -0.3 is 10.2 Å². The Balaban J connectivity index is 1.80. The Morgan fingerprint density at radius 3 is 2.90 bits per heavy atom. The van der Waals surface area contributed by atoms with Crippen LogP contribution >= 0.6 is 0 Å². The summed E-state index contributed by atoms with van der Waals surface area (Å²) in [5, 5.41) is 2.80. The number of fused-ring (bicyclic) bond motifs is 1. The summed E-state index contributed by atoms with van der Waals surface area (Å²) in [6.07, 6.45) is 5.39. The van der Waals surface area contributed by atoms with Gasteiger partial charge in [-0.1, -0.05) is 0 Å². The van der Waals surface area contributed by atoms with Gasteiger partial charge in [0.1, 0.15) is 6.33 Å². The van der Waals surface area contributed by atoms with Crippen LogP contribution in [0, 0.1) is 0 Å². The molecule has 0 saturated carbocycles. The fourth-order valence-electron chi connectivity index (χ4n) is 2.37. The number of rotatable bonds is 1. The molecule has 0 saturated heterocycles. The molecule has 1 aliphatic rings. The number of hydrogen-bond acceptors (Lipinski definition) is 3. The van der Waals surface area contributed by atoms with Gasteiger partial charge in [-0.15, -0.1) is 0 Å². The first-order valence-electron chi connectivity index (χ1n) is 6.35. The number of carbonyl (C=O) groups is 2. The molecule has 0 radical (unpaired) electrons. The van der Waals surface area contributed by atoms with Gasteiger partial charge in [-0.25, -0.2) is 9.78 Å². The molecule has 0 atom stereocenters. The molecule has 0 aliphatic carbocycles. The molecule has 6 heteroatoms. The predicted molar refractivity (Wildman–Crippen MR) is 74.8 cm³/mol. The van der Waals surface area contributed by atoms with Gasteiger partial charge in [-0.2, -0.15) is 0 Å². The van der Waals surface area contributed by atoms with Crippen molar-refractivity contribution in [3.05, 3.63) is 42.5 Å². The topological polar surface area (TPSA) is 67.2 Å². The second-order valence-corrected chi connectivity index (χ2v) is 4.66. The minimum Gasteiger partial charge on any atom is -0.312 e. The summed E-state index contributed by atoms with van der Waals surface area (Å²) in [7, 11) is 0. The molecule has 0 unspecified atom stereocenters. The van der Waals surface area contributed by atoms with E-state index in [0.29, 0.717) is 12.2 Å². The number of benzene rings is 1. The Morgan fingerprint density at radius 1 is 1.35 bits per heavy atom. The fraction of sp³-hybridized carbons (Fsp3) is 0.214. The standard InChI is InChI=1S/C14H14N4O2/c1-10(19)18-6-4-11-8-12(2-3-13(11)18)16-14(20)17-7-5-15-9-17/h2-3,5,7-9H,4,6H2,1H3,(H,16,20). The van der Waals surface area contributed by atoms with Crippen molar-refractivity contribution in [2.75, 3.05) is 16.8 Å². The van der Waals surface area contributed by atoms with Crippen LogP contribution in [0.5, 0.6) is 0 Å². The Kier molecular flexibility index (Phi) is 2.98. The van der Waals surface area contributed by atoms with Gasteiger partial charge in [0, 0.05) is 37.2 Å². The van der Waals surface area contributed by atoms with E-state index in [2.05, 4.69) is 10.3 Å². The number of imidazole rings is 1. The van der Waals surface area contributed by atoms with Crippen molar-refractivity contribution in [1.82, 2.24) is 9.55 Å². The average Bonchev–Trinajstić information content (AvgIpc) is 3.07. The Hall–Kier alpha value is -2.63. The van der Waals surface area contributed by atoms with E-state index < -0.39 is 0 Å². The fourth-order valence-corrected chi connectivity index (χ4v) is 2.37. The van der Waals surface area contributed by atoms with E-state index in [4.69, 9.17) is 0 Å². The molecule has 1 N–H and O–H groups in total. The highest BCUT2D eigenvalue weighted by Crippen LogP contribution is 2.30. The van der Waals surface area contributed by atoms with Crippen LogP contribution in [0.25, 0.3) is 0 Å². The predicted octanol–water partition coefficient (Wildman–Crippen LogP) is 1.87. The third-order valence-corrected chi connectivity index (χ3v) is 3.35. The lowest BCUT2D eigenvalue weighted by atomic mass is 10.1. The van der Waals surface area contributed by atoms with Crippen molar-refractivity contribution in [2.45, 2.75) is 13.3 Å². The molecule has 102 valence electrons. The van der Waals surface area contributed by atoms with Crippen molar-refractivity contribution in [2.24, 2.45) is 0 Å². The van der Waals surface area contributed by atoms with Crippen LogP contribution in [0.1, 0.15) is 12.5 Å². The number of hydrogen-bond donors (Lipinski definition) is 1. The van der Waals surface area contributed by atoms with E-state index in [9.17, 15) is 9.59 Å². The Morgan fingerprint density at radius 2 is 2.20 bits per heavy atom. The molecular formula is C14H14N4O2. The maximum atomic E-state index is 11.9. The summed E-state index contributed by atoms with van der Waals surface area (Å²) in [5.41, 5.74) is 2.72. The van der Waals surface area contributed by atoms with Crippen LogP contribution in [-0.4, -0.2) is 28.0 Å². The summed E-state index contributed by atoms with van der Waals surface area (Å²) in [6, 6.07) is 5.32. The van der Waals surface area contributed by atoms with E-state index in [1.165, 1.54) is 10.9 Å². The smallest absolute Gasteiger partial charge is 0.312 e. The van der Waals surface area contributed by atoms with Crippen LogP contribution in [0.2, 0.25) is 0 Å². The minimum absolute atomic E-state index is 0.0407. The number of carbonyl (C=O) groups excluding carboxylic acids is 2. The zero-order valence-electron chi connectivity index (χ0n) is 11.0. The maximum absolute atomic E-state index is 11.9. The number of nitrogens with one attached hydrogen (secondary N) is 1. The Bertz CT molecular complexity index is 664. The van der Waals surface area contributed by atoms with Crippen molar-refractivity contribution >= 4 is 23.3 Å². The van der Waals surface area contributed by atoms with Crippen LogP contribution in [0.15, 0.2) is 36.9 Å². The average molecular weight is 270 g/mol.